The summed E-state index contributed by atoms with van der Waals surface area (Å²) in [6, 6.07) is 5.01. The topological polar surface area (TPSA) is 131 Å². The molecular formula is C28H37ClN6O5S. The number of morpholine rings is 1. The van der Waals surface area contributed by atoms with Gasteiger partial charge in [-0.1, -0.05) is 11.6 Å². The number of carbonyl (C=O) groups is 1. The Hall–Kier alpha value is -3.03. The van der Waals surface area contributed by atoms with Crippen molar-refractivity contribution in [3.05, 3.63) is 39.4 Å². The van der Waals surface area contributed by atoms with Crippen molar-refractivity contribution < 1.29 is 24.1 Å². The highest BCUT2D eigenvalue weighted by Gasteiger charge is 2.29. The molecule has 1 amide bonds. The van der Waals surface area contributed by atoms with E-state index in [1.54, 1.807) is 37.1 Å². The molecule has 3 N–H and O–H groups in total. The Morgan fingerprint density at radius 3 is 2.83 bits per heavy atom. The minimum absolute atomic E-state index is 0.119. The SMILES string of the molecule is CCOC(=O)N1CCOCC1CNc1nc(-c2cc(OCC(O)CNC)ccc2Cl)nc(-c2c(C)nsc2C)c1C. The van der Waals surface area contributed by atoms with Crippen molar-refractivity contribution >= 4 is 35.0 Å². The van der Waals surface area contributed by atoms with Crippen LogP contribution in [0.2, 0.25) is 5.02 Å². The number of ether oxygens (including phenoxy) is 3. The first-order chi connectivity index (χ1) is 19.7. The molecule has 1 aliphatic rings. The van der Waals surface area contributed by atoms with Gasteiger partial charge in [-0.25, -0.2) is 14.8 Å². The van der Waals surface area contributed by atoms with E-state index >= 15 is 0 Å². The summed E-state index contributed by atoms with van der Waals surface area (Å²) in [5.41, 5.74) is 4.01. The number of rotatable bonds is 11. The number of halogens is 1. The number of carbonyl (C=O) groups excluding carboxylic acids is 1. The molecule has 2 aromatic heterocycles. The number of anilines is 1. The molecule has 0 bridgehead atoms. The highest BCUT2D eigenvalue weighted by Crippen LogP contribution is 2.37. The third-order valence-electron chi connectivity index (χ3n) is 6.71. The predicted molar refractivity (Wildman–Crippen MR) is 160 cm³/mol. The predicted octanol–water partition coefficient (Wildman–Crippen LogP) is 4.07. The fraction of sp³-hybridized carbons (Fsp3) is 0.500. The molecule has 2 atom stereocenters. The van der Waals surface area contributed by atoms with Gasteiger partial charge in [0.15, 0.2) is 5.82 Å². The van der Waals surface area contributed by atoms with Crippen molar-refractivity contribution in [1.29, 1.82) is 0 Å². The summed E-state index contributed by atoms with van der Waals surface area (Å²) in [5.74, 6) is 1.55. The molecule has 1 aromatic carbocycles. The van der Waals surface area contributed by atoms with Gasteiger partial charge in [-0.15, -0.1) is 0 Å². The summed E-state index contributed by atoms with van der Waals surface area (Å²) in [6.07, 6.45) is -1.02. The highest BCUT2D eigenvalue weighted by atomic mass is 35.5. The lowest BCUT2D eigenvalue weighted by atomic mass is 10.0. The maximum absolute atomic E-state index is 12.6. The summed E-state index contributed by atoms with van der Waals surface area (Å²) in [5, 5.41) is 16.9. The van der Waals surface area contributed by atoms with Crippen LogP contribution in [0.5, 0.6) is 5.75 Å². The number of aryl methyl sites for hydroxylation is 2. The number of aliphatic hydroxyl groups is 1. The summed E-state index contributed by atoms with van der Waals surface area (Å²) < 4.78 is 21.3. The molecule has 222 valence electrons. The van der Waals surface area contributed by atoms with Crippen LogP contribution in [0.1, 0.15) is 23.1 Å². The summed E-state index contributed by atoms with van der Waals surface area (Å²) in [4.78, 5) is 25.1. The highest BCUT2D eigenvalue weighted by molar-refractivity contribution is 7.06. The molecule has 0 spiro atoms. The second kappa shape index (κ2) is 14.2. The number of aromatic nitrogens is 3. The molecule has 13 heteroatoms. The van der Waals surface area contributed by atoms with Crippen LogP contribution in [0.15, 0.2) is 18.2 Å². The Bertz CT molecular complexity index is 1340. The summed E-state index contributed by atoms with van der Waals surface area (Å²) >= 11 is 8.08. The fourth-order valence-electron chi connectivity index (χ4n) is 4.61. The molecule has 2 unspecified atom stereocenters. The molecule has 11 nitrogen and oxygen atoms in total. The average Bonchev–Trinajstić information content (AvgIpc) is 3.29. The second-order valence-electron chi connectivity index (χ2n) is 9.73. The molecule has 41 heavy (non-hydrogen) atoms. The first-order valence-electron chi connectivity index (χ1n) is 13.6. The van der Waals surface area contributed by atoms with Crippen LogP contribution in [0, 0.1) is 20.8 Å². The van der Waals surface area contributed by atoms with Crippen molar-refractivity contribution in [2.75, 3.05) is 58.4 Å². The maximum Gasteiger partial charge on any atom is 0.410 e. The van der Waals surface area contributed by atoms with Gasteiger partial charge in [0.25, 0.3) is 0 Å². The van der Waals surface area contributed by atoms with Crippen LogP contribution in [0.3, 0.4) is 0 Å². The Morgan fingerprint density at radius 1 is 1.32 bits per heavy atom. The van der Waals surface area contributed by atoms with Crippen molar-refractivity contribution in [1.82, 2.24) is 24.6 Å². The zero-order valence-corrected chi connectivity index (χ0v) is 25.6. The largest absolute Gasteiger partial charge is 0.491 e. The number of benzene rings is 1. The Balaban J connectivity index is 1.70. The molecule has 0 aliphatic carbocycles. The molecule has 1 aliphatic heterocycles. The molecule has 4 rings (SSSR count). The van der Waals surface area contributed by atoms with E-state index in [4.69, 9.17) is 35.8 Å². The van der Waals surface area contributed by atoms with Crippen LogP contribution in [0.25, 0.3) is 22.6 Å². The van der Waals surface area contributed by atoms with E-state index in [0.717, 1.165) is 27.4 Å². The van der Waals surface area contributed by atoms with Gasteiger partial charge < -0.3 is 30.0 Å². The molecule has 1 fully saturated rings. The molecule has 0 saturated carbocycles. The van der Waals surface area contributed by atoms with E-state index in [-0.39, 0.29) is 18.7 Å². The zero-order chi connectivity index (χ0) is 29.5. The molecule has 1 saturated heterocycles. The van der Waals surface area contributed by atoms with Crippen LogP contribution < -0.4 is 15.4 Å². The van der Waals surface area contributed by atoms with Gasteiger partial charge >= 0.3 is 6.09 Å². The lowest BCUT2D eigenvalue weighted by Gasteiger charge is -2.35. The Kier molecular flexibility index (Phi) is 10.7. The third-order valence-corrected chi connectivity index (χ3v) is 7.88. The minimum Gasteiger partial charge on any atom is -0.491 e. The van der Waals surface area contributed by atoms with E-state index in [2.05, 4.69) is 15.0 Å². The Morgan fingerprint density at radius 2 is 2.12 bits per heavy atom. The number of nitrogens with zero attached hydrogens (tertiary/aromatic N) is 4. The van der Waals surface area contributed by atoms with E-state index in [1.165, 1.54) is 11.5 Å². The Labute approximate surface area is 249 Å². The number of likely N-dealkylation sites (N-methyl/N-ethyl adjacent to an activating group) is 1. The molecule has 3 aromatic rings. The maximum atomic E-state index is 12.6. The first-order valence-corrected chi connectivity index (χ1v) is 14.7. The number of amides is 1. The lowest BCUT2D eigenvalue weighted by Crippen LogP contribution is -2.52. The lowest BCUT2D eigenvalue weighted by molar-refractivity contribution is -0.00379. The van der Waals surface area contributed by atoms with E-state index in [0.29, 0.717) is 67.4 Å². The quantitative estimate of drug-likeness (QED) is 0.294. The van der Waals surface area contributed by atoms with Crippen LogP contribution >= 0.6 is 23.1 Å². The second-order valence-corrected chi connectivity index (χ2v) is 11.1. The van der Waals surface area contributed by atoms with E-state index < -0.39 is 6.10 Å². The molecule has 0 radical (unpaired) electrons. The zero-order valence-electron chi connectivity index (χ0n) is 24.0. The van der Waals surface area contributed by atoms with Crippen molar-refractivity contribution in [2.24, 2.45) is 0 Å². The molecule has 3 heterocycles. The first kappa shape index (κ1) is 30.9. The van der Waals surface area contributed by atoms with Gasteiger partial charge in [0.05, 0.1) is 42.3 Å². The minimum atomic E-state index is -0.660. The van der Waals surface area contributed by atoms with Crippen LogP contribution in [-0.4, -0.2) is 95.7 Å². The van der Waals surface area contributed by atoms with Gasteiger partial charge in [-0.2, -0.15) is 4.37 Å². The number of nitrogens with one attached hydrogen (secondary N) is 2. The summed E-state index contributed by atoms with van der Waals surface area (Å²) in [6.45, 7) is 10.3. The number of hydrogen-bond acceptors (Lipinski definition) is 11. The number of hydrogen-bond donors (Lipinski definition) is 3. The monoisotopic (exact) mass is 604 g/mol. The standard InChI is InChI=1S/C28H37ClN6O5S/c1-6-39-28(37)35-9-10-38-14-19(35)12-31-26-16(2)25(24-17(3)34-41-18(24)4)32-27(33-26)22-11-21(7-8-23(22)29)40-15-20(36)13-30-5/h7-8,11,19-20,30,36H,6,9-10,12-15H2,1-5H3,(H,31,32,33). The fourth-order valence-corrected chi connectivity index (χ4v) is 5.51. The van der Waals surface area contributed by atoms with Crippen molar-refractivity contribution in [2.45, 2.75) is 39.8 Å². The molecular weight excluding hydrogens is 568 g/mol. The van der Waals surface area contributed by atoms with Gasteiger partial charge in [-0.05, 0) is 64.5 Å². The van der Waals surface area contributed by atoms with Gasteiger partial charge in [0.1, 0.15) is 24.3 Å². The van der Waals surface area contributed by atoms with E-state index in [1.807, 2.05) is 20.8 Å². The van der Waals surface area contributed by atoms with Crippen LogP contribution in [-0.2, 0) is 9.47 Å². The normalized spacial score (nSPS) is 16.0. The van der Waals surface area contributed by atoms with Crippen molar-refractivity contribution in [3.8, 4) is 28.4 Å². The van der Waals surface area contributed by atoms with Gasteiger partial charge in [-0.3, -0.25) is 4.90 Å². The smallest absolute Gasteiger partial charge is 0.410 e. The summed E-state index contributed by atoms with van der Waals surface area (Å²) in [7, 11) is 1.77. The third kappa shape index (κ3) is 7.44. The van der Waals surface area contributed by atoms with Crippen LogP contribution in [0.4, 0.5) is 10.6 Å². The average molecular weight is 605 g/mol. The van der Waals surface area contributed by atoms with Gasteiger partial charge in [0, 0.05) is 41.2 Å². The van der Waals surface area contributed by atoms with E-state index in [9.17, 15) is 9.90 Å². The van der Waals surface area contributed by atoms with Gasteiger partial charge in [0.2, 0.25) is 0 Å². The number of aliphatic hydroxyl groups excluding tert-OH is 1. The van der Waals surface area contributed by atoms with Crippen molar-refractivity contribution in [3.63, 3.8) is 0 Å².